The van der Waals surface area contributed by atoms with Gasteiger partial charge in [-0.15, -0.1) is 0 Å². The monoisotopic (exact) mass is 367 g/mol. The summed E-state index contributed by atoms with van der Waals surface area (Å²) in [5.74, 6) is -1.61. The molecule has 10 heteroatoms. The zero-order valence-electron chi connectivity index (χ0n) is 13.7. The number of carbonyl (C=O) groups is 1. The number of amides is 1. The molecule has 1 atom stereocenters. The summed E-state index contributed by atoms with van der Waals surface area (Å²) in [7, 11) is 1.64. The molecule has 1 aromatic carbocycles. The number of aliphatic imine (C=N–C) groups is 1. The van der Waals surface area contributed by atoms with Gasteiger partial charge in [-0.1, -0.05) is 0 Å². The summed E-state index contributed by atoms with van der Waals surface area (Å²) in [6.45, 7) is -0.633. The van der Waals surface area contributed by atoms with Gasteiger partial charge in [-0.25, -0.2) is 13.2 Å². The highest BCUT2D eigenvalue weighted by molar-refractivity contribution is 6.02. The molecule has 1 unspecified atom stereocenters. The molecule has 138 valence electrons. The number of halogens is 3. The molecule has 2 aromatic rings. The number of nitrogens with one attached hydrogen (secondary N) is 1. The number of aryl methyl sites for hydroxylation is 1. The average molecular weight is 367 g/mol. The maximum absolute atomic E-state index is 14.3. The zero-order chi connectivity index (χ0) is 18.9. The first-order valence-corrected chi connectivity index (χ1v) is 7.63. The fourth-order valence-corrected chi connectivity index (χ4v) is 2.67. The Bertz CT molecular complexity index is 867. The molecule has 0 radical (unpaired) electrons. The predicted molar refractivity (Wildman–Crippen MR) is 87.7 cm³/mol. The van der Waals surface area contributed by atoms with E-state index in [0.717, 1.165) is 12.1 Å². The number of rotatable bonds is 4. The summed E-state index contributed by atoms with van der Waals surface area (Å²) < 4.78 is 48.4. The Kier molecular flexibility index (Phi) is 4.68. The van der Waals surface area contributed by atoms with E-state index >= 15 is 0 Å². The molecule has 0 aliphatic carbocycles. The van der Waals surface area contributed by atoms with Crippen molar-refractivity contribution < 1.29 is 22.7 Å². The number of carbonyl (C=O) groups excluding carboxylic acids is 1. The smallest absolute Gasteiger partial charge is 0.276 e. The Morgan fingerprint density at radius 3 is 2.81 bits per heavy atom. The number of amidine groups is 1. The van der Waals surface area contributed by atoms with Crippen LogP contribution in [0.5, 0.6) is 0 Å². The first-order valence-electron chi connectivity index (χ1n) is 7.63. The van der Waals surface area contributed by atoms with E-state index in [1.165, 1.54) is 16.8 Å². The lowest BCUT2D eigenvalue weighted by Gasteiger charge is -2.33. The van der Waals surface area contributed by atoms with Crippen LogP contribution in [0, 0.1) is 5.82 Å². The fourth-order valence-electron chi connectivity index (χ4n) is 2.67. The third-order valence-corrected chi connectivity index (χ3v) is 3.91. The third-order valence-electron chi connectivity index (χ3n) is 3.91. The van der Waals surface area contributed by atoms with Crippen LogP contribution in [0.2, 0.25) is 0 Å². The largest absolute Gasteiger partial charge is 0.385 e. The second-order valence-electron chi connectivity index (χ2n) is 5.84. The third kappa shape index (κ3) is 3.27. The SMILES string of the molecule is Cn1ccc(C(=O)Nc2ccc(F)c(C3(C(F)F)COCC(N)=N3)c2)n1. The van der Waals surface area contributed by atoms with Crippen molar-refractivity contribution in [2.75, 3.05) is 18.5 Å². The number of hydrogen-bond donors (Lipinski definition) is 2. The predicted octanol–water partition coefficient (Wildman–Crippen LogP) is 1.66. The van der Waals surface area contributed by atoms with Crippen molar-refractivity contribution in [1.29, 1.82) is 0 Å². The Balaban J connectivity index is 1.97. The molecule has 1 amide bonds. The molecule has 0 spiro atoms. The molecule has 0 saturated heterocycles. The van der Waals surface area contributed by atoms with E-state index in [0.29, 0.717) is 0 Å². The summed E-state index contributed by atoms with van der Waals surface area (Å²) in [5, 5.41) is 6.44. The molecule has 1 aliphatic rings. The molecule has 0 bridgehead atoms. The molecule has 2 heterocycles. The quantitative estimate of drug-likeness (QED) is 0.859. The molecule has 1 aliphatic heterocycles. The van der Waals surface area contributed by atoms with Crippen molar-refractivity contribution in [2.24, 2.45) is 17.8 Å². The number of benzene rings is 1. The highest BCUT2D eigenvalue weighted by atomic mass is 19.3. The molecular weight excluding hydrogens is 351 g/mol. The van der Waals surface area contributed by atoms with Gasteiger partial charge in [0, 0.05) is 24.5 Å². The second-order valence-corrected chi connectivity index (χ2v) is 5.84. The van der Waals surface area contributed by atoms with Crippen LogP contribution in [0.1, 0.15) is 16.1 Å². The lowest BCUT2D eigenvalue weighted by Crippen LogP contribution is -2.45. The van der Waals surface area contributed by atoms with Crippen molar-refractivity contribution >= 4 is 17.4 Å². The average Bonchev–Trinajstić information content (AvgIpc) is 3.03. The minimum absolute atomic E-state index is 0.105. The van der Waals surface area contributed by atoms with E-state index in [1.54, 1.807) is 13.2 Å². The number of anilines is 1. The van der Waals surface area contributed by atoms with Crippen molar-refractivity contribution in [2.45, 2.75) is 12.0 Å². The first kappa shape index (κ1) is 17.9. The van der Waals surface area contributed by atoms with E-state index in [1.807, 2.05) is 0 Å². The van der Waals surface area contributed by atoms with Crippen LogP contribution in [0.25, 0.3) is 0 Å². The Morgan fingerprint density at radius 1 is 1.42 bits per heavy atom. The van der Waals surface area contributed by atoms with Crippen LogP contribution in [-0.4, -0.2) is 41.2 Å². The molecule has 0 fully saturated rings. The van der Waals surface area contributed by atoms with Gasteiger partial charge in [-0.2, -0.15) is 5.10 Å². The lowest BCUT2D eigenvalue weighted by atomic mass is 9.90. The van der Waals surface area contributed by atoms with Crippen molar-refractivity contribution in [3.8, 4) is 0 Å². The Morgan fingerprint density at radius 2 is 2.19 bits per heavy atom. The van der Waals surface area contributed by atoms with Crippen molar-refractivity contribution in [3.63, 3.8) is 0 Å². The van der Waals surface area contributed by atoms with Crippen LogP contribution >= 0.6 is 0 Å². The number of ether oxygens (including phenoxy) is 1. The highest BCUT2D eigenvalue weighted by Crippen LogP contribution is 2.37. The maximum atomic E-state index is 14.3. The number of hydrogen-bond acceptors (Lipinski definition) is 5. The van der Waals surface area contributed by atoms with Gasteiger partial charge < -0.3 is 15.8 Å². The molecule has 7 nitrogen and oxygen atoms in total. The maximum Gasteiger partial charge on any atom is 0.276 e. The summed E-state index contributed by atoms with van der Waals surface area (Å²) in [4.78, 5) is 15.9. The van der Waals surface area contributed by atoms with E-state index in [2.05, 4.69) is 15.4 Å². The van der Waals surface area contributed by atoms with Crippen LogP contribution < -0.4 is 11.1 Å². The van der Waals surface area contributed by atoms with Gasteiger partial charge in [0.1, 0.15) is 18.3 Å². The topological polar surface area (TPSA) is 94.5 Å². The molecule has 1 aromatic heterocycles. The second kappa shape index (κ2) is 6.79. The molecule has 0 saturated carbocycles. The molecule has 3 N–H and O–H groups in total. The molecule has 3 rings (SSSR count). The number of nitrogens with zero attached hydrogens (tertiary/aromatic N) is 3. The van der Waals surface area contributed by atoms with Gasteiger partial charge in [-0.3, -0.25) is 14.5 Å². The van der Waals surface area contributed by atoms with Crippen LogP contribution in [-0.2, 0) is 17.3 Å². The van der Waals surface area contributed by atoms with Crippen molar-refractivity contribution in [1.82, 2.24) is 9.78 Å². The van der Waals surface area contributed by atoms with Crippen LogP contribution in [0.4, 0.5) is 18.9 Å². The van der Waals surface area contributed by atoms with Gasteiger partial charge in [-0.05, 0) is 24.3 Å². The van der Waals surface area contributed by atoms with Gasteiger partial charge in [0.15, 0.2) is 11.2 Å². The lowest BCUT2D eigenvalue weighted by molar-refractivity contribution is -0.0145. The number of aromatic nitrogens is 2. The summed E-state index contributed by atoms with van der Waals surface area (Å²) in [6, 6.07) is 4.83. The van der Waals surface area contributed by atoms with E-state index in [4.69, 9.17) is 10.5 Å². The first-order chi connectivity index (χ1) is 12.3. The minimum Gasteiger partial charge on any atom is -0.385 e. The Labute approximate surface area is 146 Å². The van der Waals surface area contributed by atoms with Gasteiger partial charge in [0.25, 0.3) is 12.3 Å². The van der Waals surface area contributed by atoms with Crippen LogP contribution in [0.15, 0.2) is 35.5 Å². The summed E-state index contributed by atoms with van der Waals surface area (Å²) >= 11 is 0. The van der Waals surface area contributed by atoms with E-state index in [-0.39, 0.29) is 23.8 Å². The Hall–Kier alpha value is -2.88. The van der Waals surface area contributed by atoms with Crippen molar-refractivity contribution in [3.05, 3.63) is 47.5 Å². The van der Waals surface area contributed by atoms with Gasteiger partial charge >= 0.3 is 0 Å². The van der Waals surface area contributed by atoms with Gasteiger partial charge in [0.05, 0.1) is 6.61 Å². The normalized spacial score (nSPS) is 20.1. The molecular formula is C16H16F3N5O2. The summed E-state index contributed by atoms with van der Waals surface area (Å²) in [5.41, 5.74) is 3.10. The number of alkyl halides is 2. The van der Waals surface area contributed by atoms with E-state index < -0.39 is 35.9 Å². The standard InChI is InChI=1S/C16H16F3N5O2/c1-24-5-4-12(23-24)14(25)21-9-2-3-11(17)10(6-9)16(15(18)19)8-26-7-13(20)22-16/h2-6,15H,7-8H2,1H3,(H2,20,22)(H,21,25). The highest BCUT2D eigenvalue weighted by Gasteiger charge is 2.46. The van der Waals surface area contributed by atoms with Gasteiger partial charge in [0.2, 0.25) is 0 Å². The summed E-state index contributed by atoms with van der Waals surface area (Å²) in [6.07, 6.45) is -1.48. The minimum atomic E-state index is -3.06. The fraction of sp³-hybridized carbons (Fsp3) is 0.312. The van der Waals surface area contributed by atoms with Crippen LogP contribution in [0.3, 0.4) is 0 Å². The number of nitrogens with two attached hydrogens (primary N) is 1. The zero-order valence-corrected chi connectivity index (χ0v) is 13.7. The molecule has 26 heavy (non-hydrogen) atoms. The van der Waals surface area contributed by atoms with E-state index in [9.17, 15) is 18.0 Å².